The highest BCUT2D eigenvalue weighted by atomic mass is 35.5. The van der Waals surface area contributed by atoms with Crippen molar-refractivity contribution in [3.63, 3.8) is 0 Å². The third kappa shape index (κ3) is 7.43. The number of carbonyl (C=O) groups is 1. The van der Waals surface area contributed by atoms with Crippen LogP contribution in [0.15, 0.2) is 30.3 Å². The van der Waals surface area contributed by atoms with Gasteiger partial charge in [0.15, 0.2) is 0 Å². The Kier molecular flexibility index (Phi) is 11.2. The van der Waals surface area contributed by atoms with Crippen LogP contribution in [0.4, 0.5) is 0 Å². The predicted molar refractivity (Wildman–Crippen MR) is 112 cm³/mol. The summed E-state index contributed by atoms with van der Waals surface area (Å²) in [5.74, 6) is 1.16. The molecule has 0 radical (unpaired) electrons. The molecule has 2 saturated heterocycles. The lowest BCUT2D eigenvalue weighted by Gasteiger charge is -2.32. The van der Waals surface area contributed by atoms with E-state index in [-0.39, 0.29) is 36.6 Å². The third-order valence-corrected chi connectivity index (χ3v) is 5.38. The van der Waals surface area contributed by atoms with Crippen LogP contribution in [0.25, 0.3) is 0 Å². The van der Waals surface area contributed by atoms with Crippen molar-refractivity contribution in [3.8, 4) is 0 Å². The maximum absolute atomic E-state index is 12.5. The van der Waals surface area contributed by atoms with Crippen LogP contribution in [-0.2, 0) is 11.3 Å². The van der Waals surface area contributed by atoms with Crippen molar-refractivity contribution in [2.24, 2.45) is 11.8 Å². The van der Waals surface area contributed by atoms with E-state index in [9.17, 15) is 4.79 Å². The van der Waals surface area contributed by atoms with Gasteiger partial charge in [-0.2, -0.15) is 0 Å². The standard InChI is InChI=1S/C20H31N3O.2ClH/c24-20(22-12-10-17-8-4-11-21-14-17)19-9-5-13-23(16-19)15-18-6-2-1-3-7-18;;/h1-3,6-7,17,19,21H,4-5,8-16H2,(H,22,24);2*1H. The first-order valence-corrected chi connectivity index (χ1v) is 9.56. The van der Waals surface area contributed by atoms with Gasteiger partial charge in [-0.15, -0.1) is 24.8 Å². The molecule has 1 amide bonds. The van der Waals surface area contributed by atoms with Crippen LogP contribution in [0, 0.1) is 11.8 Å². The average molecular weight is 402 g/mol. The highest BCUT2D eigenvalue weighted by molar-refractivity contribution is 5.85. The number of amides is 1. The largest absolute Gasteiger partial charge is 0.356 e. The zero-order valence-electron chi connectivity index (χ0n) is 15.5. The molecular weight excluding hydrogens is 369 g/mol. The number of benzene rings is 1. The van der Waals surface area contributed by atoms with Crippen molar-refractivity contribution in [1.29, 1.82) is 0 Å². The van der Waals surface area contributed by atoms with Crippen molar-refractivity contribution in [2.75, 3.05) is 32.7 Å². The highest BCUT2D eigenvalue weighted by Gasteiger charge is 2.25. The van der Waals surface area contributed by atoms with Gasteiger partial charge < -0.3 is 10.6 Å². The average Bonchev–Trinajstić information content (AvgIpc) is 2.64. The Balaban J connectivity index is 0.00000169. The molecule has 2 heterocycles. The fourth-order valence-corrected chi connectivity index (χ4v) is 3.97. The number of nitrogens with zero attached hydrogens (tertiary/aromatic N) is 1. The fraction of sp³-hybridized carbons (Fsp3) is 0.650. The molecule has 2 fully saturated rings. The first-order chi connectivity index (χ1) is 11.8. The molecule has 2 atom stereocenters. The number of nitrogens with one attached hydrogen (secondary N) is 2. The Hall–Kier alpha value is -0.810. The Morgan fingerprint density at radius 1 is 1.15 bits per heavy atom. The maximum Gasteiger partial charge on any atom is 0.224 e. The molecular formula is C20H33Cl2N3O. The van der Waals surface area contributed by atoms with Crippen LogP contribution in [0.3, 0.4) is 0 Å². The summed E-state index contributed by atoms with van der Waals surface area (Å²) in [6.45, 7) is 6.06. The molecule has 1 aromatic carbocycles. The summed E-state index contributed by atoms with van der Waals surface area (Å²) in [4.78, 5) is 14.9. The van der Waals surface area contributed by atoms with Gasteiger partial charge in [0.05, 0.1) is 5.92 Å². The Morgan fingerprint density at radius 3 is 2.69 bits per heavy atom. The van der Waals surface area contributed by atoms with Gasteiger partial charge in [-0.25, -0.2) is 0 Å². The number of piperidine rings is 2. The number of likely N-dealkylation sites (tertiary alicyclic amines) is 1. The van der Waals surface area contributed by atoms with Gasteiger partial charge in [0.25, 0.3) is 0 Å². The van der Waals surface area contributed by atoms with Crippen molar-refractivity contribution in [3.05, 3.63) is 35.9 Å². The molecule has 148 valence electrons. The minimum absolute atomic E-state index is 0. The number of carbonyl (C=O) groups excluding carboxylic acids is 1. The molecule has 0 aromatic heterocycles. The van der Waals surface area contributed by atoms with Gasteiger partial charge >= 0.3 is 0 Å². The van der Waals surface area contributed by atoms with Crippen LogP contribution in [0.5, 0.6) is 0 Å². The van der Waals surface area contributed by atoms with Crippen molar-refractivity contribution in [1.82, 2.24) is 15.5 Å². The maximum atomic E-state index is 12.5. The zero-order valence-corrected chi connectivity index (χ0v) is 17.1. The first-order valence-electron chi connectivity index (χ1n) is 9.56. The van der Waals surface area contributed by atoms with E-state index in [2.05, 4.69) is 45.9 Å². The van der Waals surface area contributed by atoms with Gasteiger partial charge in [0.2, 0.25) is 5.91 Å². The smallest absolute Gasteiger partial charge is 0.224 e. The van der Waals surface area contributed by atoms with Crippen molar-refractivity contribution < 1.29 is 4.79 Å². The van der Waals surface area contributed by atoms with Gasteiger partial charge in [0, 0.05) is 19.6 Å². The van der Waals surface area contributed by atoms with E-state index in [4.69, 9.17) is 0 Å². The summed E-state index contributed by atoms with van der Waals surface area (Å²) in [5.41, 5.74) is 1.34. The van der Waals surface area contributed by atoms with Crippen LogP contribution in [-0.4, -0.2) is 43.5 Å². The minimum atomic E-state index is 0. The molecule has 26 heavy (non-hydrogen) atoms. The van der Waals surface area contributed by atoms with Crippen molar-refractivity contribution >= 4 is 30.7 Å². The second-order valence-electron chi connectivity index (χ2n) is 7.35. The molecule has 2 aliphatic rings. The molecule has 3 rings (SSSR count). The summed E-state index contributed by atoms with van der Waals surface area (Å²) < 4.78 is 0. The summed E-state index contributed by atoms with van der Waals surface area (Å²) in [7, 11) is 0. The van der Waals surface area contributed by atoms with E-state index < -0.39 is 0 Å². The molecule has 0 spiro atoms. The Morgan fingerprint density at radius 2 is 1.96 bits per heavy atom. The summed E-state index contributed by atoms with van der Waals surface area (Å²) >= 11 is 0. The number of hydrogen-bond donors (Lipinski definition) is 2. The molecule has 6 heteroatoms. The molecule has 4 nitrogen and oxygen atoms in total. The SMILES string of the molecule is Cl.Cl.O=C(NCCC1CCCNC1)C1CCCN(Cc2ccccc2)C1. The topological polar surface area (TPSA) is 44.4 Å². The first kappa shape index (κ1) is 23.2. The quantitative estimate of drug-likeness (QED) is 0.768. The second-order valence-corrected chi connectivity index (χ2v) is 7.35. The molecule has 2 aliphatic heterocycles. The molecule has 2 unspecified atom stereocenters. The van der Waals surface area contributed by atoms with Gasteiger partial charge in [-0.3, -0.25) is 9.69 Å². The summed E-state index contributed by atoms with van der Waals surface area (Å²) in [5, 5.41) is 6.64. The van der Waals surface area contributed by atoms with E-state index in [1.165, 1.54) is 18.4 Å². The van der Waals surface area contributed by atoms with E-state index in [0.29, 0.717) is 0 Å². The highest BCUT2D eigenvalue weighted by Crippen LogP contribution is 2.19. The van der Waals surface area contributed by atoms with E-state index in [1.807, 2.05) is 0 Å². The summed E-state index contributed by atoms with van der Waals surface area (Å²) in [6, 6.07) is 10.6. The van der Waals surface area contributed by atoms with Crippen LogP contribution < -0.4 is 10.6 Å². The monoisotopic (exact) mass is 401 g/mol. The molecule has 0 aliphatic carbocycles. The van der Waals surface area contributed by atoms with Gasteiger partial charge in [0.1, 0.15) is 0 Å². The Bertz CT molecular complexity index is 509. The second kappa shape index (κ2) is 12.6. The fourth-order valence-electron chi connectivity index (χ4n) is 3.97. The summed E-state index contributed by atoms with van der Waals surface area (Å²) in [6.07, 6.45) is 5.84. The van der Waals surface area contributed by atoms with Crippen LogP contribution in [0.2, 0.25) is 0 Å². The predicted octanol–water partition coefficient (Wildman–Crippen LogP) is 3.25. The van der Waals surface area contributed by atoms with Gasteiger partial charge in [-0.1, -0.05) is 30.3 Å². The molecule has 1 aromatic rings. The van der Waals surface area contributed by atoms with E-state index >= 15 is 0 Å². The number of hydrogen-bond acceptors (Lipinski definition) is 3. The lowest BCUT2D eigenvalue weighted by atomic mass is 9.95. The van der Waals surface area contributed by atoms with Gasteiger partial charge in [-0.05, 0) is 63.2 Å². The molecule has 0 saturated carbocycles. The molecule has 0 bridgehead atoms. The lowest BCUT2D eigenvalue weighted by molar-refractivity contribution is -0.126. The normalized spacial score (nSPS) is 23.4. The van der Waals surface area contributed by atoms with E-state index in [0.717, 1.165) is 64.4 Å². The lowest BCUT2D eigenvalue weighted by Crippen LogP contribution is -2.43. The third-order valence-electron chi connectivity index (χ3n) is 5.38. The number of rotatable bonds is 6. The molecule has 2 N–H and O–H groups in total. The van der Waals surface area contributed by atoms with Crippen LogP contribution in [0.1, 0.15) is 37.7 Å². The zero-order chi connectivity index (χ0) is 16.6. The number of halogens is 2. The van der Waals surface area contributed by atoms with Crippen molar-refractivity contribution in [2.45, 2.75) is 38.6 Å². The van der Waals surface area contributed by atoms with E-state index in [1.54, 1.807) is 0 Å². The Labute approximate surface area is 170 Å². The van der Waals surface area contributed by atoms with Crippen LogP contribution >= 0.6 is 24.8 Å². The minimum Gasteiger partial charge on any atom is -0.356 e.